The van der Waals surface area contributed by atoms with Gasteiger partial charge in [0.1, 0.15) is 0 Å². The fourth-order valence-electron chi connectivity index (χ4n) is 4.00. The molecule has 4 rings (SSSR count). The van der Waals surface area contributed by atoms with E-state index in [9.17, 15) is 18.0 Å². The van der Waals surface area contributed by atoms with Crippen LogP contribution in [0.3, 0.4) is 0 Å². The minimum atomic E-state index is -3.15. The number of hydrogen-bond acceptors (Lipinski definition) is 7. The maximum absolute atomic E-state index is 12.7. The van der Waals surface area contributed by atoms with Crippen LogP contribution < -0.4 is 5.32 Å². The van der Waals surface area contributed by atoms with Crippen LogP contribution in [0.15, 0.2) is 53.9 Å². The molecule has 11 heteroatoms. The highest BCUT2D eigenvalue weighted by molar-refractivity contribution is 7.89. The number of anilines is 1. The number of carboxylic acid groups (broad SMARTS) is 1. The van der Waals surface area contributed by atoms with Gasteiger partial charge in [0, 0.05) is 54.9 Å². The van der Waals surface area contributed by atoms with Gasteiger partial charge in [0.15, 0.2) is 0 Å². The van der Waals surface area contributed by atoms with Crippen LogP contribution in [0.2, 0.25) is 0 Å². The summed E-state index contributed by atoms with van der Waals surface area (Å²) < 4.78 is 26.1. The minimum absolute atomic E-state index is 0.0254. The highest BCUT2D eigenvalue weighted by Gasteiger charge is 2.26. The molecule has 0 unspecified atom stereocenters. The van der Waals surface area contributed by atoms with E-state index in [1.807, 2.05) is 31.2 Å². The number of aromatic nitrogens is 1. The zero-order chi connectivity index (χ0) is 25.7. The van der Waals surface area contributed by atoms with E-state index in [1.54, 1.807) is 34.0 Å². The summed E-state index contributed by atoms with van der Waals surface area (Å²) in [6.07, 6.45) is 0.624. The summed E-state index contributed by atoms with van der Waals surface area (Å²) in [5.41, 5.74) is 3.54. The topological polar surface area (TPSA) is 120 Å². The summed E-state index contributed by atoms with van der Waals surface area (Å²) in [6.45, 7) is 5.00. The number of hydrogen-bond donors (Lipinski definition) is 2. The van der Waals surface area contributed by atoms with E-state index in [0.717, 1.165) is 29.0 Å². The predicted molar refractivity (Wildman–Crippen MR) is 140 cm³/mol. The Balaban J connectivity index is 1.29. The molecule has 2 aromatic carbocycles. The fraction of sp³-hybridized carbons (Fsp3) is 0.320. The number of carbonyl (C=O) groups excluding carboxylic acids is 1. The maximum Gasteiger partial charge on any atom is 0.365 e. The number of aromatic carboxylic acids is 1. The van der Waals surface area contributed by atoms with Crippen LogP contribution >= 0.6 is 11.3 Å². The minimum Gasteiger partial charge on any atom is -0.476 e. The van der Waals surface area contributed by atoms with Crippen LogP contribution in [0.5, 0.6) is 0 Å². The first-order valence-electron chi connectivity index (χ1n) is 11.6. The van der Waals surface area contributed by atoms with E-state index in [4.69, 9.17) is 5.11 Å². The summed E-state index contributed by atoms with van der Waals surface area (Å²) in [5.74, 6) is -1.11. The molecular formula is C25H28N4O5S2. The highest BCUT2D eigenvalue weighted by atomic mass is 32.2. The van der Waals surface area contributed by atoms with E-state index in [-0.39, 0.29) is 16.7 Å². The van der Waals surface area contributed by atoms with Crippen LogP contribution in [-0.4, -0.2) is 71.5 Å². The third kappa shape index (κ3) is 6.35. The number of carbonyl (C=O) groups is 2. The molecule has 0 bridgehead atoms. The Morgan fingerprint density at radius 3 is 2.28 bits per heavy atom. The van der Waals surface area contributed by atoms with E-state index < -0.39 is 16.0 Å². The number of rotatable bonds is 9. The Morgan fingerprint density at radius 1 is 1.03 bits per heavy atom. The first-order chi connectivity index (χ1) is 17.2. The molecule has 1 aliphatic heterocycles. The van der Waals surface area contributed by atoms with Gasteiger partial charge in [0.2, 0.25) is 15.0 Å². The Morgan fingerprint density at radius 2 is 1.69 bits per heavy atom. The third-order valence-electron chi connectivity index (χ3n) is 5.93. The number of thiazole rings is 1. The van der Waals surface area contributed by atoms with Gasteiger partial charge >= 0.3 is 5.97 Å². The molecule has 1 amide bonds. The fourth-order valence-corrected chi connectivity index (χ4v) is 6.16. The molecule has 1 aliphatic rings. The molecule has 2 N–H and O–H groups in total. The molecule has 2 heterocycles. The Bertz CT molecular complexity index is 1310. The van der Waals surface area contributed by atoms with Gasteiger partial charge in [-0.25, -0.2) is 18.2 Å². The lowest BCUT2D eigenvalue weighted by molar-refractivity contribution is 0.0696. The zero-order valence-corrected chi connectivity index (χ0v) is 21.5. The van der Waals surface area contributed by atoms with Gasteiger partial charge in [-0.2, -0.15) is 4.31 Å². The van der Waals surface area contributed by atoms with Crippen molar-refractivity contribution in [3.05, 3.63) is 70.0 Å². The first-order valence-corrected chi connectivity index (χ1v) is 14.1. The van der Waals surface area contributed by atoms with Crippen molar-refractivity contribution in [2.24, 2.45) is 0 Å². The Labute approximate surface area is 214 Å². The van der Waals surface area contributed by atoms with E-state index in [1.165, 1.54) is 0 Å². The smallest absolute Gasteiger partial charge is 0.365 e. The van der Waals surface area contributed by atoms with Crippen LogP contribution in [0.1, 0.15) is 39.1 Å². The normalized spacial score (nSPS) is 15.0. The quantitative estimate of drug-likeness (QED) is 0.435. The average molecular weight is 529 g/mol. The number of carboxylic acids is 1. The van der Waals surface area contributed by atoms with Crippen molar-refractivity contribution in [3.63, 3.8) is 0 Å². The second kappa shape index (κ2) is 11.3. The Kier molecular flexibility index (Phi) is 8.14. The van der Waals surface area contributed by atoms with Crippen LogP contribution in [0, 0.1) is 0 Å². The molecule has 36 heavy (non-hydrogen) atoms. The van der Waals surface area contributed by atoms with Gasteiger partial charge in [-0.3, -0.25) is 9.69 Å². The summed E-state index contributed by atoms with van der Waals surface area (Å²) in [4.78, 5) is 30.0. The van der Waals surface area contributed by atoms with Crippen molar-refractivity contribution in [1.82, 2.24) is 14.2 Å². The molecule has 9 nitrogen and oxygen atoms in total. The molecule has 1 aromatic heterocycles. The zero-order valence-electron chi connectivity index (χ0n) is 19.9. The molecule has 0 atom stereocenters. The summed E-state index contributed by atoms with van der Waals surface area (Å²) >= 11 is 1.06. The second-order valence-electron chi connectivity index (χ2n) is 8.56. The molecule has 190 valence electrons. The van der Waals surface area contributed by atoms with Crippen LogP contribution in [0.25, 0.3) is 11.3 Å². The summed E-state index contributed by atoms with van der Waals surface area (Å²) in [6, 6.07) is 14.5. The SMILES string of the molecule is CCCS(=O)(=O)N1CCN(Cc2ccc(NC(=O)c3ccc(-c4csc(C(=O)O)n4)cc3)cc2)CC1. The largest absolute Gasteiger partial charge is 0.476 e. The van der Waals surface area contributed by atoms with Gasteiger partial charge in [0.05, 0.1) is 11.4 Å². The van der Waals surface area contributed by atoms with Crippen molar-refractivity contribution < 1.29 is 23.1 Å². The molecule has 0 spiro atoms. The first kappa shape index (κ1) is 26.0. The van der Waals surface area contributed by atoms with Gasteiger partial charge in [-0.05, 0) is 36.2 Å². The number of nitrogens with one attached hydrogen (secondary N) is 1. The van der Waals surface area contributed by atoms with Crippen molar-refractivity contribution in [2.75, 3.05) is 37.2 Å². The Hall–Kier alpha value is -3.12. The van der Waals surface area contributed by atoms with Gasteiger partial charge < -0.3 is 10.4 Å². The van der Waals surface area contributed by atoms with Crippen molar-refractivity contribution in [1.29, 1.82) is 0 Å². The summed E-state index contributed by atoms with van der Waals surface area (Å²) in [5, 5.41) is 13.6. The molecule has 1 fully saturated rings. The van der Waals surface area contributed by atoms with Gasteiger partial charge in [-0.1, -0.05) is 31.2 Å². The molecule has 1 saturated heterocycles. The van der Waals surface area contributed by atoms with E-state index in [0.29, 0.717) is 49.5 Å². The predicted octanol–water partition coefficient (Wildman–Crippen LogP) is 3.62. The van der Waals surface area contributed by atoms with Crippen LogP contribution in [0.4, 0.5) is 5.69 Å². The molecule has 0 saturated carbocycles. The van der Waals surface area contributed by atoms with Gasteiger partial charge in [0.25, 0.3) is 5.91 Å². The standard InChI is InChI=1S/C25H28N4O5S2/c1-2-15-36(33,34)29-13-11-28(12-14-29)16-18-3-9-21(10-4-18)26-23(30)20-7-5-19(6-8-20)22-17-35-24(27-22)25(31)32/h3-10,17H,2,11-16H2,1H3,(H,26,30)(H,31,32). The van der Waals surface area contributed by atoms with Crippen molar-refractivity contribution >= 4 is 38.9 Å². The molecule has 0 radical (unpaired) electrons. The van der Waals surface area contributed by atoms with Crippen LogP contribution in [-0.2, 0) is 16.6 Å². The number of benzene rings is 2. The van der Waals surface area contributed by atoms with Crippen molar-refractivity contribution in [2.45, 2.75) is 19.9 Å². The molecule has 3 aromatic rings. The maximum atomic E-state index is 12.7. The van der Waals surface area contributed by atoms with Gasteiger partial charge in [-0.15, -0.1) is 11.3 Å². The lowest BCUT2D eigenvalue weighted by Gasteiger charge is -2.34. The molecule has 0 aliphatic carbocycles. The number of sulfonamides is 1. The molecular weight excluding hydrogens is 500 g/mol. The van der Waals surface area contributed by atoms with E-state index >= 15 is 0 Å². The lowest BCUT2D eigenvalue weighted by Crippen LogP contribution is -2.48. The van der Waals surface area contributed by atoms with Crippen molar-refractivity contribution in [3.8, 4) is 11.3 Å². The third-order valence-corrected chi connectivity index (χ3v) is 8.84. The second-order valence-corrected chi connectivity index (χ2v) is 11.5. The van der Waals surface area contributed by atoms with E-state index in [2.05, 4.69) is 15.2 Å². The number of amides is 1. The lowest BCUT2D eigenvalue weighted by atomic mass is 10.1. The number of nitrogens with zero attached hydrogens (tertiary/aromatic N) is 3. The summed E-state index contributed by atoms with van der Waals surface area (Å²) in [7, 11) is -3.15. The number of piperazine rings is 1. The highest BCUT2D eigenvalue weighted by Crippen LogP contribution is 2.23. The monoisotopic (exact) mass is 528 g/mol. The average Bonchev–Trinajstić information content (AvgIpc) is 3.37.